The van der Waals surface area contributed by atoms with Crippen molar-refractivity contribution in [2.24, 2.45) is 0 Å². The third-order valence-corrected chi connectivity index (χ3v) is 2.51. The number of phenolic OH excluding ortho intramolecular Hbond substituents is 1. The average Bonchev–Trinajstić information content (AvgIpc) is 2.23. The summed E-state index contributed by atoms with van der Waals surface area (Å²) >= 11 is 0. The number of hydrogen-bond donors (Lipinski definition) is 2. The van der Waals surface area contributed by atoms with Crippen LogP contribution in [0.5, 0.6) is 5.75 Å². The first kappa shape index (κ1) is 12.3. The fraction of sp³-hybridized carbons (Fsp3) is 0.455. The van der Waals surface area contributed by atoms with E-state index in [1.807, 2.05) is 0 Å². The van der Waals surface area contributed by atoms with Crippen molar-refractivity contribution in [3.05, 3.63) is 27.8 Å². The van der Waals surface area contributed by atoms with Crippen molar-refractivity contribution in [2.75, 3.05) is 5.73 Å². The molecule has 0 saturated carbocycles. The molecule has 0 bridgehead atoms. The summed E-state index contributed by atoms with van der Waals surface area (Å²) < 4.78 is 0. The third kappa shape index (κ3) is 2.62. The van der Waals surface area contributed by atoms with E-state index in [0.717, 1.165) is 19.3 Å². The maximum absolute atomic E-state index is 10.8. The van der Waals surface area contributed by atoms with E-state index in [4.69, 9.17) is 5.73 Å². The molecule has 0 fully saturated rings. The highest BCUT2D eigenvalue weighted by molar-refractivity contribution is 5.69. The highest BCUT2D eigenvalue weighted by Gasteiger charge is 2.20. The molecule has 0 aliphatic heterocycles. The molecule has 0 saturated heterocycles. The third-order valence-electron chi connectivity index (χ3n) is 2.51. The molecule has 88 valence electrons. The van der Waals surface area contributed by atoms with Crippen LogP contribution in [0.3, 0.4) is 0 Å². The number of aromatic hydroxyl groups is 1. The maximum atomic E-state index is 10.8. The minimum atomic E-state index is -0.531. The van der Waals surface area contributed by atoms with Gasteiger partial charge in [-0.3, -0.25) is 10.1 Å². The van der Waals surface area contributed by atoms with E-state index < -0.39 is 4.92 Å². The number of nitrogens with two attached hydrogens (primary N) is 1. The summed E-state index contributed by atoms with van der Waals surface area (Å²) in [7, 11) is 0. The zero-order chi connectivity index (χ0) is 12.1. The number of aryl methyl sites for hydroxylation is 1. The van der Waals surface area contributed by atoms with E-state index in [9.17, 15) is 15.2 Å². The van der Waals surface area contributed by atoms with Crippen LogP contribution in [0.15, 0.2) is 12.1 Å². The van der Waals surface area contributed by atoms with Crippen molar-refractivity contribution >= 4 is 11.4 Å². The fourth-order valence-corrected chi connectivity index (χ4v) is 1.63. The predicted octanol–water partition coefficient (Wildman–Crippen LogP) is 2.62. The molecule has 0 spiro atoms. The summed E-state index contributed by atoms with van der Waals surface area (Å²) in [4.78, 5) is 10.3. The fourth-order valence-electron chi connectivity index (χ4n) is 1.63. The molecule has 0 aromatic heterocycles. The minimum Gasteiger partial charge on any atom is -0.506 e. The monoisotopic (exact) mass is 224 g/mol. The van der Waals surface area contributed by atoms with E-state index in [1.54, 1.807) is 6.07 Å². The van der Waals surface area contributed by atoms with Crippen molar-refractivity contribution < 1.29 is 10.0 Å². The molecule has 1 aromatic carbocycles. The second kappa shape index (κ2) is 5.34. The molecular weight excluding hydrogens is 208 g/mol. The first-order valence-corrected chi connectivity index (χ1v) is 5.32. The zero-order valence-corrected chi connectivity index (χ0v) is 9.27. The topological polar surface area (TPSA) is 89.4 Å². The van der Waals surface area contributed by atoms with Crippen LogP contribution in [0, 0.1) is 10.1 Å². The Balaban J connectivity index is 2.99. The minimum absolute atomic E-state index is 0.140. The lowest BCUT2D eigenvalue weighted by Gasteiger charge is -2.06. The van der Waals surface area contributed by atoms with Crippen molar-refractivity contribution in [2.45, 2.75) is 32.6 Å². The number of benzene rings is 1. The Kier molecular flexibility index (Phi) is 4.10. The highest BCUT2D eigenvalue weighted by atomic mass is 16.6. The van der Waals surface area contributed by atoms with Crippen LogP contribution in [-0.4, -0.2) is 10.0 Å². The summed E-state index contributed by atoms with van der Waals surface area (Å²) in [6.45, 7) is 2.07. The average molecular weight is 224 g/mol. The number of nitrogen functional groups attached to an aromatic ring is 1. The van der Waals surface area contributed by atoms with Crippen molar-refractivity contribution in [3.63, 3.8) is 0 Å². The van der Waals surface area contributed by atoms with Crippen LogP contribution < -0.4 is 5.73 Å². The Morgan fingerprint density at radius 1 is 1.44 bits per heavy atom. The maximum Gasteiger partial charge on any atom is 0.299 e. The van der Waals surface area contributed by atoms with Gasteiger partial charge in [0.05, 0.1) is 4.92 Å². The van der Waals surface area contributed by atoms with Gasteiger partial charge in [0.25, 0.3) is 5.69 Å². The van der Waals surface area contributed by atoms with Gasteiger partial charge in [-0.05, 0) is 25.0 Å². The molecule has 16 heavy (non-hydrogen) atoms. The van der Waals surface area contributed by atoms with Gasteiger partial charge in [-0.1, -0.05) is 19.8 Å². The normalized spacial score (nSPS) is 10.3. The zero-order valence-electron chi connectivity index (χ0n) is 9.27. The van der Waals surface area contributed by atoms with Gasteiger partial charge in [0.2, 0.25) is 0 Å². The van der Waals surface area contributed by atoms with E-state index >= 15 is 0 Å². The molecule has 0 aliphatic carbocycles. The lowest BCUT2D eigenvalue weighted by atomic mass is 10.0. The molecular formula is C11H16N2O3. The van der Waals surface area contributed by atoms with E-state index in [0.29, 0.717) is 12.0 Å². The molecule has 3 N–H and O–H groups in total. The van der Waals surface area contributed by atoms with Crippen molar-refractivity contribution in [1.82, 2.24) is 0 Å². The standard InChI is InChI=1S/C11H16N2O3/c1-2-3-4-5-8-6-7-9(14)10(12)11(8)13(15)16/h6-7,14H,2-5,12H2,1H3. The lowest BCUT2D eigenvalue weighted by molar-refractivity contribution is -0.384. The number of phenols is 1. The molecule has 0 amide bonds. The Bertz CT molecular complexity index is 391. The largest absolute Gasteiger partial charge is 0.506 e. The Morgan fingerprint density at radius 3 is 2.69 bits per heavy atom. The van der Waals surface area contributed by atoms with Gasteiger partial charge in [-0.25, -0.2) is 0 Å². The summed E-state index contributed by atoms with van der Waals surface area (Å²) in [5.74, 6) is -0.231. The van der Waals surface area contributed by atoms with E-state index in [1.165, 1.54) is 6.07 Å². The second-order valence-corrected chi connectivity index (χ2v) is 3.72. The second-order valence-electron chi connectivity index (χ2n) is 3.72. The van der Waals surface area contributed by atoms with Gasteiger partial charge >= 0.3 is 0 Å². The van der Waals surface area contributed by atoms with Gasteiger partial charge in [0.1, 0.15) is 5.75 Å². The number of unbranched alkanes of at least 4 members (excludes halogenated alkanes) is 2. The van der Waals surface area contributed by atoms with Gasteiger partial charge in [0, 0.05) is 5.56 Å². The number of nitro benzene ring substituents is 1. The summed E-state index contributed by atoms with van der Waals surface area (Å²) in [5.41, 5.74) is 5.79. The number of hydrogen-bond acceptors (Lipinski definition) is 4. The van der Waals surface area contributed by atoms with Crippen LogP contribution in [0.25, 0.3) is 0 Å². The number of nitrogens with zero attached hydrogens (tertiary/aromatic N) is 1. The van der Waals surface area contributed by atoms with Crippen LogP contribution in [0.1, 0.15) is 31.7 Å². The van der Waals surface area contributed by atoms with Gasteiger partial charge in [-0.2, -0.15) is 0 Å². The van der Waals surface area contributed by atoms with Crippen molar-refractivity contribution in [1.29, 1.82) is 0 Å². The van der Waals surface area contributed by atoms with Crippen LogP contribution >= 0.6 is 0 Å². The Labute approximate surface area is 94.0 Å². The first-order valence-electron chi connectivity index (χ1n) is 5.32. The van der Waals surface area contributed by atoms with E-state index in [-0.39, 0.29) is 17.1 Å². The van der Waals surface area contributed by atoms with Crippen molar-refractivity contribution in [3.8, 4) is 5.75 Å². The van der Waals surface area contributed by atoms with Gasteiger partial charge in [0.15, 0.2) is 5.69 Å². The molecule has 5 nitrogen and oxygen atoms in total. The summed E-state index contributed by atoms with van der Waals surface area (Å²) in [6.07, 6.45) is 3.59. The quantitative estimate of drug-likeness (QED) is 0.264. The molecule has 0 radical (unpaired) electrons. The van der Waals surface area contributed by atoms with Gasteiger partial charge < -0.3 is 10.8 Å². The predicted molar refractivity (Wildman–Crippen MR) is 62.4 cm³/mol. The Morgan fingerprint density at radius 2 is 2.12 bits per heavy atom. The smallest absolute Gasteiger partial charge is 0.299 e. The molecule has 0 atom stereocenters. The van der Waals surface area contributed by atoms with Crippen LogP contribution in [0.4, 0.5) is 11.4 Å². The summed E-state index contributed by atoms with van der Waals surface area (Å²) in [6, 6.07) is 2.98. The molecule has 1 rings (SSSR count). The van der Waals surface area contributed by atoms with Gasteiger partial charge in [-0.15, -0.1) is 0 Å². The molecule has 1 aromatic rings. The Hall–Kier alpha value is -1.78. The number of rotatable bonds is 5. The van der Waals surface area contributed by atoms with Crippen LogP contribution in [0.2, 0.25) is 0 Å². The highest BCUT2D eigenvalue weighted by Crippen LogP contribution is 2.34. The first-order chi connectivity index (χ1) is 7.57. The lowest BCUT2D eigenvalue weighted by Crippen LogP contribution is -2.01. The number of nitro groups is 1. The van der Waals surface area contributed by atoms with E-state index in [2.05, 4.69) is 6.92 Å². The molecule has 0 heterocycles. The molecule has 0 aliphatic rings. The summed E-state index contributed by atoms with van der Waals surface area (Å²) in [5, 5.41) is 20.2. The molecule has 0 unspecified atom stereocenters. The SMILES string of the molecule is CCCCCc1ccc(O)c(N)c1[N+](=O)[O-]. The molecule has 5 heteroatoms. The number of anilines is 1. The van der Waals surface area contributed by atoms with Crippen LogP contribution in [-0.2, 0) is 6.42 Å².